The molecule has 138 valence electrons. The molecule has 4 rings (SSSR count). The van der Waals surface area contributed by atoms with Crippen molar-refractivity contribution in [1.82, 2.24) is 24.6 Å². The van der Waals surface area contributed by atoms with E-state index in [1.807, 2.05) is 29.0 Å². The standard InChI is InChI=1S/C18H17N5O2S2/c1-24-14-6-5-11(7-15(14)25-2)16-22-23-13(10-21-18(23)26-16)12-8-19-17(20-9-12)27(3)4/h5-10H,3H2,1-2,4H3. The zero-order valence-electron chi connectivity index (χ0n) is 15.0. The van der Waals surface area contributed by atoms with Crippen LogP contribution in [0.1, 0.15) is 0 Å². The van der Waals surface area contributed by atoms with Crippen molar-refractivity contribution in [2.75, 3.05) is 20.5 Å². The summed E-state index contributed by atoms with van der Waals surface area (Å²) in [6.45, 7) is 0. The first-order valence-corrected chi connectivity index (χ1v) is 10.6. The monoisotopic (exact) mass is 399 g/mol. The van der Waals surface area contributed by atoms with E-state index in [2.05, 4.69) is 20.8 Å². The number of hydrogen-bond donors (Lipinski definition) is 0. The van der Waals surface area contributed by atoms with E-state index >= 15 is 0 Å². The molecule has 0 aliphatic heterocycles. The first-order valence-electron chi connectivity index (χ1n) is 7.95. The number of methoxy groups -OCH3 is 2. The van der Waals surface area contributed by atoms with Gasteiger partial charge in [0.05, 0.1) is 26.1 Å². The van der Waals surface area contributed by atoms with Gasteiger partial charge in [-0.1, -0.05) is 17.2 Å². The second kappa shape index (κ2) is 7.09. The Labute approximate surface area is 162 Å². The lowest BCUT2D eigenvalue weighted by atomic mass is 10.2. The molecule has 27 heavy (non-hydrogen) atoms. The highest BCUT2D eigenvalue weighted by Gasteiger charge is 2.15. The lowest BCUT2D eigenvalue weighted by Crippen LogP contribution is -1.93. The number of aromatic nitrogens is 5. The predicted molar refractivity (Wildman–Crippen MR) is 109 cm³/mol. The van der Waals surface area contributed by atoms with E-state index in [1.54, 1.807) is 32.8 Å². The van der Waals surface area contributed by atoms with Gasteiger partial charge in [-0.2, -0.15) is 5.10 Å². The maximum Gasteiger partial charge on any atom is 0.213 e. The van der Waals surface area contributed by atoms with Crippen LogP contribution in [0.25, 0.3) is 26.8 Å². The molecular formula is C18H17N5O2S2. The van der Waals surface area contributed by atoms with E-state index in [0.717, 1.165) is 31.9 Å². The van der Waals surface area contributed by atoms with Gasteiger partial charge < -0.3 is 9.47 Å². The van der Waals surface area contributed by atoms with E-state index in [4.69, 9.17) is 14.6 Å². The van der Waals surface area contributed by atoms with Crippen molar-refractivity contribution in [3.63, 3.8) is 0 Å². The van der Waals surface area contributed by atoms with Crippen LogP contribution in [0, 0.1) is 0 Å². The summed E-state index contributed by atoms with van der Waals surface area (Å²) in [6.07, 6.45) is 7.35. The van der Waals surface area contributed by atoms with Crippen LogP contribution >= 0.6 is 21.8 Å². The molecule has 0 saturated heterocycles. The van der Waals surface area contributed by atoms with Crippen LogP contribution in [0.15, 0.2) is 41.9 Å². The van der Waals surface area contributed by atoms with Gasteiger partial charge in [0.15, 0.2) is 16.7 Å². The molecule has 0 radical (unpaired) electrons. The molecule has 3 heterocycles. The van der Waals surface area contributed by atoms with Gasteiger partial charge in [-0.3, -0.25) is 0 Å². The van der Waals surface area contributed by atoms with E-state index in [1.165, 1.54) is 11.3 Å². The molecule has 0 amide bonds. The van der Waals surface area contributed by atoms with Crippen LogP contribution in [-0.4, -0.2) is 50.9 Å². The van der Waals surface area contributed by atoms with Crippen molar-refractivity contribution in [2.45, 2.75) is 5.16 Å². The molecule has 1 unspecified atom stereocenters. The molecule has 0 saturated carbocycles. The third-order valence-electron chi connectivity index (χ3n) is 3.95. The Bertz CT molecular complexity index is 1130. The molecule has 9 heteroatoms. The maximum absolute atomic E-state index is 5.39. The van der Waals surface area contributed by atoms with E-state index < -0.39 is 0 Å². The molecule has 3 aromatic heterocycles. The maximum atomic E-state index is 5.39. The number of rotatable bonds is 5. The summed E-state index contributed by atoms with van der Waals surface area (Å²) in [5, 5.41) is 6.30. The smallest absolute Gasteiger partial charge is 0.213 e. The average Bonchev–Trinajstić information content (AvgIpc) is 3.28. The Morgan fingerprint density at radius 2 is 1.74 bits per heavy atom. The number of nitrogens with zero attached hydrogens (tertiary/aromatic N) is 5. The van der Waals surface area contributed by atoms with Gasteiger partial charge in [0.25, 0.3) is 0 Å². The molecule has 1 atom stereocenters. The van der Waals surface area contributed by atoms with Gasteiger partial charge in [0.2, 0.25) is 4.96 Å². The Kier molecular flexibility index (Phi) is 4.63. The Hall–Kier alpha value is -2.78. The van der Waals surface area contributed by atoms with Crippen LogP contribution in [0.3, 0.4) is 0 Å². The van der Waals surface area contributed by atoms with E-state index in [9.17, 15) is 0 Å². The number of benzene rings is 1. The third kappa shape index (κ3) is 3.19. The summed E-state index contributed by atoms with van der Waals surface area (Å²) in [7, 11) is 3.01. The minimum atomic E-state index is -0.218. The fourth-order valence-corrected chi connectivity index (χ4v) is 3.94. The summed E-state index contributed by atoms with van der Waals surface area (Å²) in [5.41, 5.74) is 2.65. The fourth-order valence-electron chi connectivity index (χ4n) is 2.60. The normalized spacial score (nSPS) is 12.3. The first kappa shape index (κ1) is 17.6. The molecule has 0 fully saturated rings. The largest absolute Gasteiger partial charge is 0.493 e. The molecule has 0 spiro atoms. The molecule has 4 aromatic rings. The Morgan fingerprint density at radius 1 is 1.00 bits per heavy atom. The van der Waals surface area contributed by atoms with Crippen molar-refractivity contribution in [1.29, 1.82) is 0 Å². The Balaban J connectivity index is 1.75. The van der Waals surface area contributed by atoms with Gasteiger partial charge in [0, 0.05) is 23.5 Å². The minimum absolute atomic E-state index is 0.218. The lowest BCUT2D eigenvalue weighted by Gasteiger charge is -2.07. The molecule has 1 aromatic carbocycles. The highest BCUT2D eigenvalue weighted by Crippen LogP contribution is 2.35. The highest BCUT2D eigenvalue weighted by atomic mass is 32.2. The Morgan fingerprint density at radius 3 is 2.41 bits per heavy atom. The summed E-state index contributed by atoms with van der Waals surface area (Å²) < 4.78 is 12.5. The lowest BCUT2D eigenvalue weighted by molar-refractivity contribution is 0.355. The molecular weight excluding hydrogens is 382 g/mol. The van der Waals surface area contributed by atoms with Crippen LogP contribution in [0.2, 0.25) is 0 Å². The van der Waals surface area contributed by atoms with E-state index in [-0.39, 0.29) is 10.5 Å². The zero-order valence-corrected chi connectivity index (χ0v) is 16.7. The zero-order chi connectivity index (χ0) is 19.0. The van der Waals surface area contributed by atoms with Gasteiger partial charge in [-0.25, -0.2) is 19.5 Å². The van der Waals surface area contributed by atoms with Crippen LogP contribution < -0.4 is 9.47 Å². The summed E-state index contributed by atoms with van der Waals surface area (Å²) >= 11 is 1.50. The molecule has 0 aliphatic rings. The number of fused-ring (bicyclic) bond motifs is 1. The number of hydrogen-bond acceptors (Lipinski definition) is 7. The van der Waals surface area contributed by atoms with Crippen LogP contribution in [0.4, 0.5) is 0 Å². The highest BCUT2D eigenvalue weighted by molar-refractivity contribution is 8.13. The summed E-state index contributed by atoms with van der Waals surface area (Å²) in [4.78, 5) is 14.1. The summed E-state index contributed by atoms with van der Waals surface area (Å²) in [6, 6.07) is 5.73. The number of ether oxygens (including phenoxy) is 2. The SMILES string of the molecule is C=S(C)c1ncc(-c2cnc3sc(-c4ccc(OC)c(OC)c4)nn23)cn1. The first-order chi connectivity index (χ1) is 13.1. The van der Waals surface area contributed by atoms with Gasteiger partial charge >= 0.3 is 0 Å². The second-order valence-electron chi connectivity index (χ2n) is 5.71. The van der Waals surface area contributed by atoms with Gasteiger partial charge in [-0.05, 0) is 24.5 Å². The fraction of sp³-hybridized carbons (Fsp3) is 0.167. The third-order valence-corrected chi connectivity index (χ3v) is 5.76. The van der Waals surface area contributed by atoms with Crippen molar-refractivity contribution in [3.05, 3.63) is 36.8 Å². The quantitative estimate of drug-likeness (QED) is 0.377. The molecule has 0 aliphatic carbocycles. The van der Waals surface area contributed by atoms with Gasteiger partial charge in [0.1, 0.15) is 5.01 Å². The second-order valence-corrected chi connectivity index (χ2v) is 8.30. The minimum Gasteiger partial charge on any atom is -0.493 e. The van der Waals surface area contributed by atoms with Gasteiger partial charge in [-0.15, -0.1) is 10.5 Å². The molecule has 0 bridgehead atoms. The average molecular weight is 400 g/mol. The summed E-state index contributed by atoms with van der Waals surface area (Å²) in [5.74, 6) is 5.31. The topological polar surface area (TPSA) is 74.4 Å². The molecule has 0 N–H and O–H groups in total. The molecule has 7 nitrogen and oxygen atoms in total. The number of imidazole rings is 1. The van der Waals surface area contributed by atoms with Crippen molar-refractivity contribution < 1.29 is 9.47 Å². The van der Waals surface area contributed by atoms with Crippen LogP contribution in [-0.2, 0) is 0 Å². The van der Waals surface area contributed by atoms with Crippen molar-refractivity contribution in [2.24, 2.45) is 0 Å². The van der Waals surface area contributed by atoms with Crippen molar-refractivity contribution in [3.8, 4) is 33.3 Å². The van der Waals surface area contributed by atoms with Crippen molar-refractivity contribution >= 4 is 32.7 Å². The predicted octanol–water partition coefficient (Wildman–Crippen LogP) is 3.62. The van der Waals surface area contributed by atoms with Crippen LogP contribution in [0.5, 0.6) is 11.5 Å². The van der Waals surface area contributed by atoms with E-state index in [0.29, 0.717) is 11.5 Å².